The molecule has 0 aliphatic heterocycles. The Kier molecular flexibility index (Phi) is 6.91. The van der Waals surface area contributed by atoms with Crippen LogP contribution in [-0.4, -0.2) is 30.9 Å². The van der Waals surface area contributed by atoms with Gasteiger partial charge in [-0.3, -0.25) is 9.59 Å². The van der Waals surface area contributed by atoms with Gasteiger partial charge >= 0.3 is 5.97 Å². The molecule has 0 aliphatic carbocycles. The lowest BCUT2D eigenvalue weighted by atomic mass is 10.1. The number of nitrogens with one attached hydrogen (secondary N) is 2. The second-order valence-electron chi connectivity index (χ2n) is 5.56. The maximum absolute atomic E-state index is 12.5. The fourth-order valence-electron chi connectivity index (χ4n) is 2.35. The highest BCUT2D eigenvalue weighted by molar-refractivity contribution is 7.18. The van der Waals surface area contributed by atoms with E-state index in [0.717, 1.165) is 17.8 Å². The molecule has 0 fully saturated rings. The third kappa shape index (κ3) is 4.49. The summed E-state index contributed by atoms with van der Waals surface area (Å²) < 4.78 is 5.10. The molecule has 2 rings (SSSR count). The third-order valence-corrected chi connectivity index (χ3v) is 4.84. The number of carbonyl (C=O) groups excluding carboxylic acids is 3. The summed E-state index contributed by atoms with van der Waals surface area (Å²) >= 11 is 1.08. The molecule has 0 bridgehead atoms. The highest BCUT2D eigenvalue weighted by Crippen LogP contribution is 2.34. The van der Waals surface area contributed by atoms with E-state index in [0.29, 0.717) is 27.5 Å². The zero-order valence-corrected chi connectivity index (χ0v) is 15.9. The lowest BCUT2D eigenvalue weighted by Crippen LogP contribution is -2.23. The van der Waals surface area contributed by atoms with Crippen molar-refractivity contribution in [2.24, 2.45) is 0 Å². The van der Waals surface area contributed by atoms with Crippen LogP contribution >= 0.6 is 11.3 Å². The summed E-state index contributed by atoms with van der Waals surface area (Å²) in [6.07, 6.45) is 0.804. The first-order valence-corrected chi connectivity index (χ1v) is 9.26. The Hall–Kier alpha value is -2.67. The molecular weight excluding hydrogens is 352 g/mol. The number of ether oxygens (including phenoxy) is 1. The van der Waals surface area contributed by atoms with Crippen molar-refractivity contribution in [3.05, 3.63) is 51.9 Å². The van der Waals surface area contributed by atoms with Crippen molar-refractivity contribution < 1.29 is 19.1 Å². The average molecular weight is 374 g/mol. The first kappa shape index (κ1) is 19.7. The predicted molar refractivity (Wildman–Crippen MR) is 102 cm³/mol. The molecule has 0 atom stereocenters. The minimum Gasteiger partial charge on any atom is -0.462 e. The number of hydrogen-bond donors (Lipinski definition) is 2. The van der Waals surface area contributed by atoms with Crippen molar-refractivity contribution in [3.63, 3.8) is 0 Å². The number of rotatable bonds is 7. The molecule has 0 saturated carbocycles. The highest BCUT2D eigenvalue weighted by Gasteiger charge is 2.26. The van der Waals surface area contributed by atoms with Crippen molar-refractivity contribution in [3.8, 4) is 0 Å². The van der Waals surface area contributed by atoms with Crippen LogP contribution in [0.3, 0.4) is 0 Å². The largest absolute Gasteiger partial charge is 0.462 e. The molecule has 6 nitrogen and oxygen atoms in total. The number of carbonyl (C=O) groups is 3. The molecule has 7 heteroatoms. The van der Waals surface area contributed by atoms with Gasteiger partial charge in [0.1, 0.15) is 5.00 Å². The monoisotopic (exact) mass is 374 g/mol. The van der Waals surface area contributed by atoms with Gasteiger partial charge < -0.3 is 15.4 Å². The van der Waals surface area contributed by atoms with Gasteiger partial charge in [-0.05, 0) is 38.0 Å². The Labute approximate surface area is 156 Å². The van der Waals surface area contributed by atoms with Gasteiger partial charge in [-0.25, -0.2) is 4.79 Å². The molecule has 1 aromatic carbocycles. The van der Waals surface area contributed by atoms with Crippen LogP contribution < -0.4 is 10.6 Å². The molecule has 0 spiro atoms. The van der Waals surface area contributed by atoms with Crippen LogP contribution in [-0.2, 0) is 4.74 Å². The molecule has 0 unspecified atom stereocenters. The van der Waals surface area contributed by atoms with Gasteiger partial charge in [0.15, 0.2) is 0 Å². The quantitative estimate of drug-likeness (QED) is 0.725. The number of hydrogen-bond acceptors (Lipinski definition) is 5. The molecule has 26 heavy (non-hydrogen) atoms. The van der Waals surface area contributed by atoms with Gasteiger partial charge in [0.05, 0.1) is 17.0 Å². The summed E-state index contributed by atoms with van der Waals surface area (Å²) in [4.78, 5) is 37.6. The molecular formula is C19H22N2O4S. The number of thiophene rings is 1. The maximum Gasteiger partial charge on any atom is 0.341 e. The van der Waals surface area contributed by atoms with Gasteiger partial charge in [0, 0.05) is 12.1 Å². The summed E-state index contributed by atoms with van der Waals surface area (Å²) in [6.45, 7) is 6.09. The van der Waals surface area contributed by atoms with E-state index >= 15 is 0 Å². The zero-order chi connectivity index (χ0) is 19.1. The number of anilines is 1. The molecule has 0 radical (unpaired) electrons. The van der Waals surface area contributed by atoms with Crippen LogP contribution in [0.5, 0.6) is 0 Å². The molecule has 0 aliphatic rings. The van der Waals surface area contributed by atoms with E-state index in [1.54, 1.807) is 38.1 Å². The van der Waals surface area contributed by atoms with Crippen molar-refractivity contribution in [2.45, 2.75) is 27.2 Å². The van der Waals surface area contributed by atoms with Crippen molar-refractivity contribution in [2.75, 3.05) is 18.5 Å². The van der Waals surface area contributed by atoms with E-state index in [1.165, 1.54) is 0 Å². The summed E-state index contributed by atoms with van der Waals surface area (Å²) in [5, 5.41) is 5.85. The molecule has 1 heterocycles. The van der Waals surface area contributed by atoms with Gasteiger partial charge in [0.2, 0.25) is 0 Å². The van der Waals surface area contributed by atoms with Crippen LogP contribution in [0.2, 0.25) is 0 Å². The summed E-state index contributed by atoms with van der Waals surface area (Å²) in [6, 6.07) is 8.67. The molecule has 2 amide bonds. The molecule has 2 aromatic rings. The Balaban J connectivity index is 2.37. The Bertz CT molecular complexity index is 799. The third-order valence-electron chi connectivity index (χ3n) is 3.63. The maximum atomic E-state index is 12.5. The average Bonchev–Trinajstić information content (AvgIpc) is 2.96. The van der Waals surface area contributed by atoms with E-state index in [1.807, 2.05) is 13.0 Å². The lowest BCUT2D eigenvalue weighted by Gasteiger charge is -2.07. The van der Waals surface area contributed by atoms with E-state index in [4.69, 9.17) is 4.74 Å². The van der Waals surface area contributed by atoms with Crippen LogP contribution in [0.1, 0.15) is 56.2 Å². The van der Waals surface area contributed by atoms with Gasteiger partial charge in [-0.2, -0.15) is 0 Å². The minimum absolute atomic E-state index is 0.206. The standard InChI is InChI=1S/C19H22N2O4S/c1-4-11-20-17(23)15-12(3)14(19(24)25-5-2)18(26-15)21-16(22)13-9-7-6-8-10-13/h6-10H,4-5,11H2,1-3H3,(H,20,23)(H,21,22). The molecule has 0 saturated heterocycles. The topological polar surface area (TPSA) is 84.5 Å². The first-order valence-electron chi connectivity index (χ1n) is 8.44. The summed E-state index contributed by atoms with van der Waals surface area (Å²) in [7, 11) is 0. The Morgan fingerprint density at radius 1 is 1.08 bits per heavy atom. The van der Waals surface area contributed by atoms with Crippen LogP contribution in [0.4, 0.5) is 5.00 Å². The molecule has 1 aromatic heterocycles. The number of esters is 1. The summed E-state index contributed by atoms with van der Waals surface area (Å²) in [5.74, 6) is -1.17. The Morgan fingerprint density at radius 2 is 1.77 bits per heavy atom. The SMILES string of the molecule is CCCNC(=O)c1sc(NC(=O)c2ccccc2)c(C(=O)OCC)c1C. The van der Waals surface area contributed by atoms with Gasteiger partial charge in [0.25, 0.3) is 11.8 Å². The van der Waals surface area contributed by atoms with Crippen molar-refractivity contribution >= 4 is 34.1 Å². The van der Waals surface area contributed by atoms with E-state index in [2.05, 4.69) is 10.6 Å². The second kappa shape index (κ2) is 9.15. The van der Waals surface area contributed by atoms with Gasteiger partial charge in [-0.15, -0.1) is 11.3 Å². The number of benzene rings is 1. The fraction of sp³-hybridized carbons (Fsp3) is 0.316. The minimum atomic E-state index is -0.556. The van der Waals surface area contributed by atoms with Gasteiger partial charge in [-0.1, -0.05) is 25.1 Å². The van der Waals surface area contributed by atoms with Crippen LogP contribution in [0, 0.1) is 6.92 Å². The van der Waals surface area contributed by atoms with E-state index < -0.39 is 5.97 Å². The second-order valence-corrected chi connectivity index (χ2v) is 6.58. The van der Waals surface area contributed by atoms with Crippen LogP contribution in [0.25, 0.3) is 0 Å². The lowest BCUT2D eigenvalue weighted by molar-refractivity contribution is 0.0527. The van der Waals surface area contributed by atoms with E-state index in [9.17, 15) is 14.4 Å². The molecule has 138 valence electrons. The summed E-state index contributed by atoms with van der Waals surface area (Å²) in [5.41, 5.74) is 1.19. The number of amides is 2. The van der Waals surface area contributed by atoms with Crippen LogP contribution in [0.15, 0.2) is 30.3 Å². The predicted octanol–water partition coefficient (Wildman–Crippen LogP) is 3.63. The Morgan fingerprint density at radius 3 is 2.38 bits per heavy atom. The smallest absolute Gasteiger partial charge is 0.341 e. The van der Waals surface area contributed by atoms with Crippen molar-refractivity contribution in [1.82, 2.24) is 5.32 Å². The normalized spacial score (nSPS) is 10.3. The first-order chi connectivity index (χ1) is 12.5. The van der Waals surface area contributed by atoms with E-state index in [-0.39, 0.29) is 24.0 Å². The highest BCUT2D eigenvalue weighted by atomic mass is 32.1. The molecule has 2 N–H and O–H groups in total. The van der Waals surface area contributed by atoms with Crippen molar-refractivity contribution in [1.29, 1.82) is 0 Å². The zero-order valence-electron chi connectivity index (χ0n) is 15.0. The fourth-order valence-corrected chi connectivity index (χ4v) is 3.46.